The Hall–Kier alpha value is -4.51. The van der Waals surface area contributed by atoms with E-state index in [4.69, 9.17) is 4.74 Å². The van der Waals surface area contributed by atoms with Crippen LogP contribution < -0.4 is 10.6 Å². The van der Waals surface area contributed by atoms with Crippen molar-refractivity contribution in [1.29, 1.82) is 0 Å². The molecule has 4 aromatic rings. The van der Waals surface area contributed by atoms with Crippen LogP contribution in [0.3, 0.4) is 0 Å². The van der Waals surface area contributed by atoms with Crippen molar-refractivity contribution in [3.63, 3.8) is 0 Å². The zero-order valence-corrected chi connectivity index (χ0v) is 25.2. The minimum Gasteiger partial charge on any atom is -0.466 e. The van der Waals surface area contributed by atoms with E-state index in [2.05, 4.69) is 31.0 Å². The number of hydrogen-bond donors (Lipinski definition) is 2. The molecule has 1 atom stereocenters. The maximum Gasteiger partial charge on any atom is 0.306 e. The van der Waals surface area contributed by atoms with E-state index in [0.717, 1.165) is 53.1 Å². The normalized spacial score (nSPS) is 11.5. The summed E-state index contributed by atoms with van der Waals surface area (Å²) in [7, 11) is 0. The molecule has 0 spiro atoms. The van der Waals surface area contributed by atoms with E-state index in [9.17, 15) is 14.4 Å². The fraction of sp³-hybridized carbons (Fsp3) is 0.344. The van der Waals surface area contributed by atoms with Crippen LogP contribution in [0.1, 0.15) is 66.4 Å². The van der Waals surface area contributed by atoms with Crippen molar-refractivity contribution in [2.45, 2.75) is 64.7 Å². The second-order valence-electron chi connectivity index (χ2n) is 10.2. The van der Waals surface area contributed by atoms with Gasteiger partial charge in [0.05, 0.1) is 31.6 Å². The van der Waals surface area contributed by atoms with Crippen LogP contribution in [0.5, 0.6) is 0 Å². The van der Waals surface area contributed by atoms with Gasteiger partial charge in [0, 0.05) is 6.42 Å². The number of ether oxygens (including phenoxy) is 1. The Kier molecular flexibility index (Phi) is 11.8. The lowest BCUT2D eigenvalue weighted by molar-refractivity contribution is -0.143. The fourth-order valence-corrected chi connectivity index (χ4v) is 5.26. The molecule has 43 heavy (non-hydrogen) atoms. The molecule has 2 aromatic carbocycles. The Labute approximate surface area is 255 Å². The van der Waals surface area contributed by atoms with Crippen LogP contribution in [0.4, 0.5) is 10.9 Å². The lowest BCUT2D eigenvalue weighted by Gasteiger charge is -2.12. The molecule has 11 heteroatoms. The van der Waals surface area contributed by atoms with Crippen LogP contribution in [0, 0.1) is 0 Å². The Balaban J connectivity index is 1.15. The third-order valence-electron chi connectivity index (χ3n) is 6.64. The van der Waals surface area contributed by atoms with Gasteiger partial charge in [-0.2, -0.15) is 5.10 Å². The maximum absolute atomic E-state index is 12.6. The fourth-order valence-electron chi connectivity index (χ4n) is 4.46. The topological polar surface area (TPSA) is 136 Å². The number of nitrogens with zero attached hydrogens (tertiary/aromatic N) is 4. The standard InChI is InChI=1S/C32H36N6O4S/c1-3-42-31(41)18-22(2)25-13-9-12-24(19-25)21-28(39)33-27-17-16-26(35-36-27)14-7-8-15-30-37-38-32(43-30)34-29(40)20-23-10-5-4-6-11-23/h4-6,9-13,16-17,19,22H,3,7-8,14-15,18,20-21H2,1-2H3,(H,33,36,39)(H,34,38,40). The molecule has 2 N–H and O–H groups in total. The number of esters is 1. The average molecular weight is 601 g/mol. The van der Waals surface area contributed by atoms with Gasteiger partial charge in [-0.25, -0.2) is 0 Å². The molecule has 0 bridgehead atoms. The summed E-state index contributed by atoms with van der Waals surface area (Å²) in [5.74, 6) is -0.137. The number of unbranched alkanes of at least 4 members (excludes halogenated alkanes) is 1. The molecule has 4 rings (SSSR count). The number of carbonyl (C=O) groups excluding carboxylic acids is 3. The van der Waals surface area contributed by atoms with E-state index >= 15 is 0 Å². The quantitative estimate of drug-likeness (QED) is 0.138. The highest BCUT2D eigenvalue weighted by Gasteiger charge is 2.14. The van der Waals surface area contributed by atoms with Crippen LogP contribution >= 0.6 is 11.3 Å². The monoisotopic (exact) mass is 600 g/mol. The summed E-state index contributed by atoms with van der Waals surface area (Å²) >= 11 is 1.39. The number of carbonyl (C=O) groups is 3. The molecular formula is C32H36N6O4S. The first-order valence-electron chi connectivity index (χ1n) is 14.4. The minimum absolute atomic E-state index is 0.00553. The molecule has 0 saturated heterocycles. The SMILES string of the molecule is CCOC(=O)CC(C)c1cccc(CC(=O)Nc2ccc(CCCCc3nnc(NC(=O)Cc4ccccc4)s3)nn2)c1. The molecule has 0 aliphatic carbocycles. The Morgan fingerprint density at radius 1 is 0.814 bits per heavy atom. The molecule has 2 amide bonds. The smallest absolute Gasteiger partial charge is 0.306 e. The molecule has 1 unspecified atom stereocenters. The highest BCUT2D eigenvalue weighted by Crippen LogP contribution is 2.21. The van der Waals surface area contributed by atoms with Crippen molar-refractivity contribution < 1.29 is 19.1 Å². The van der Waals surface area contributed by atoms with Gasteiger partial charge in [-0.3, -0.25) is 14.4 Å². The van der Waals surface area contributed by atoms with E-state index < -0.39 is 0 Å². The molecule has 0 aliphatic rings. The summed E-state index contributed by atoms with van der Waals surface area (Å²) in [6, 6.07) is 20.9. The molecule has 0 fully saturated rings. The van der Waals surface area contributed by atoms with Crippen LogP contribution in [-0.4, -0.2) is 44.8 Å². The molecule has 0 saturated carbocycles. The highest BCUT2D eigenvalue weighted by atomic mass is 32.1. The molecule has 0 aliphatic heterocycles. The van der Waals surface area contributed by atoms with E-state index in [-0.39, 0.29) is 30.1 Å². The summed E-state index contributed by atoms with van der Waals surface area (Å²) in [5.41, 5.74) is 3.63. The Bertz CT molecular complexity index is 1490. The Morgan fingerprint density at radius 2 is 1.56 bits per heavy atom. The third-order valence-corrected chi connectivity index (χ3v) is 7.54. The first kappa shape index (κ1) is 31.4. The van der Waals surface area contributed by atoms with Gasteiger partial charge in [-0.15, -0.1) is 15.3 Å². The number of anilines is 2. The predicted molar refractivity (Wildman–Crippen MR) is 166 cm³/mol. The van der Waals surface area contributed by atoms with Crippen molar-refractivity contribution in [3.05, 3.63) is 94.1 Å². The van der Waals surface area contributed by atoms with E-state index in [1.165, 1.54) is 11.3 Å². The summed E-state index contributed by atoms with van der Waals surface area (Å²) in [6.07, 6.45) is 4.07. The largest absolute Gasteiger partial charge is 0.466 e. The van der Waals surface area contributed by atoms with Crippen molar-refractivity contribution >= 4 is 40.1 Å². The van der Waals surface area contributed by atoms with E-state index in [0.29, 0.717) is 30.4 Å². The molecule has 2 aromatic heterocycles. The van der Waals surface area contributed by atoms with Crippen LogP contribution in [-0.2, 0) is 44.8 Å². The lowest BCUT2D eigenvalue weighted by Crippen LogP contribution is -2.16. The minimum atomic E-state index is -0.229. The second kappa shape index (κ2) is 16.2. The third kappa shape index (κ3) is 10.7. The summed E-state index contributed by atoms with van der Waals surface area (Å²) in [5, 5.41) is 23.7. The van der Waals surface area contributed by atoms with Gasteiger partial charge in [-0.05, 0) is 60.9 Å². The van der Waals surface area contributed by atoms with Gasteiger partial charge < -0.3 is 15.4 Å². The molecule has 2 heterocycles. The van der Waals surface area contributed by atoms with Gasteiger partial charge in [0.1, 0.15) is 5.01 Å². The van der Waals surface area contributed by atoms with Gasteiger partial charge >= 0.3 is 5.97 Å². The average Bonchev–Trinajstić information content (AvgIpc) is 3.43. The zero-order valence-electron chi connectivity index (χ0n) is 24.4. The first-order chi connectivity index (χ1) is 20.9. The number of hydrogen-bond acceptors (Lipinski definition) is 9. The van der Waals surface area contributed by atoms with Gasteiger partial charge in [0.25, 0.3) is 0 Å². The van der Waals surface area contributed by atoms with Crippen LogP contribution in [0.25, 0.3) is 0 Å². The number of aryl methyl sites for hydroxylation is 2. The number of benzene rings is 2. The first-order valence-corrected chi connectivity index (χ1v) is 15.2. The van der Waals surface area contributed by atoms with Gasteiger partial charge in [0.2, 0.25) is 16.9 Å². The number of nitrogens with one attached hydrogen (secondary N) is 2. The van der Waals surface area contributed by atoms with Crippen molar-refractivity contribution in [2.75, 3.05) is 17.2 Å². The number of aromatic nitrogens is 4. The van der Waals surface area contributed by atoms with E-state index in [1.807, 2.05) is 67.6 Å². The summed E-state index contributed by atoms with van der Waals surface area (Å²) in [4.78, 5) is 36.7. The van der Waals surface area contributed by atoms with Crippen LogP contribution in [0.15, 0.2) is 66.7 Å². The molecule has 10 nitrogen and oxygen atoms in total. The lowest BCUT2D eigenvalue weighted by atomic mass is 9.95. The predicted octanol–water partition coefficient (Wildman–Crippen LogP) is 5.31. The van der Waals surface area contributed by atoms with E-state index in [1.54, 1.807) is 13.0 Å². The van der Waals surface area contributed by atoms with Crippen molar-refractivity contribution in [2.24, 2.45) is 0 Å². The second-order valence-corrected chi connectivity index (χ2v) is 11.3. The van der Waals surface area contributed by atoms with Gasteiger partial charge in [-0.1, -0.05) is 72.9 Å². The zero-order chi connectivity index (χ0) is 30.4. The number of amides is 2. The van der Waals surface area contributed by atoms with Crippen molar-refractivity contribution in [3.8, 4) is 0 Å². The van der Waals surface area contributed by atoms with Crippen molar-refractivity contribution in [1.82, 2.24) is 20.4 Å². The molecular weight excluding hydrogens is 564 g/mol. The number of rotatable bonds is 15. The maximum atomic E-state index is 12.6. The van der Waals surface area contributed by atoms with Gasteiger partial charge in [0.15, 0.2) is 5.82 Å². The molecule has 224 valence electrons. The molecule has 0 radical (unpaired) electrons. The summed E-state index contributed by atoms with van der Waals surface area (Å²) < 4.78 is 5.04. The summed E-state index contributed by atoms with van der Waals surface area (Å²) in [6.45, 7) is 4.12. The van der Waals surface area contributed by atoms with Crippen LogP contribution in [0.2, 0.25) is 0 Å². The highest BCUT2D eigenvalue weighted by molar-refractivity contribution is 7.15. The Morgan fingerprint density at radius 3 is 2.33 bits per heavy atom.